The van der Waals surface area contributed by atoms with Crippen LogP contribution in [0, 0.1) is 0 Å². The minimum Gasteiger partial charge on any atom is -0.207 e. The molecule has 5 heteroatoms. The molecule has 1 rings (SSSR count). The second-order valence-electron chi connectivity index (χ2n) is 8.58. The summed E-state index contributed by atoms with van der Waals surface area (Å²) in [5.41, 5.74) is 0. The van der Waals surface area contributed by atoms with Crippen molar-refractivity contribution in [3.05, 3.63) is 29.3 Å². The van der Waals surface area contributed by atoms with Crippen LogP contribution in [0.4, 0.5) is 0 Å². The fourth-order valence-corrected chi connectivity index (χ4v) is 5.12. The van der Waals surface area contributed by atoms with Crippen LogP contribution in [0.25, 0.3) is 0 Å². The fraction of sp³-hybridized carbons (Fsp3) is 0.760. The van der Waals surface area contributed by atoms with Crippen molar-refractivity contribution < 1.29 is 8.42 Å². The average Bonchev–Trinajstić information content (AvgIpc) is 2.73. The van der Waals surface area contributed by atoms with Gasteiger partial charge in [-0.2, -0.15) is 0 Å². The summed E-state index contributed by atoms with van der Waals surface area (Å²) in [6.45, 7) is 2.85. The maximum Gasteiger partial charge on any atom is 0.242 e. The molecule has 174 valence electrons. The van der Waals surface area contributed by atoms with Crippen LogP contribution in [0.15, 0.2) is 29.2 Å². The normalized spacial score (nSPS) is 12.0. The summed E-state index contributed by atoms with van der Waals surface area (Å²) in [4.78, 5) is 0.311. The molecule has 0 fully saturated rings. The Hall–Kier alpha value is -0.580. The van der Waals surface area contributed by atoms with E-state index in [4.69, 9.17) is 11.6 Å². The lowest BCUT2D eigenvalue weighted by Gasteiger charge is -2.17. The molecule has 0 heterocycles. The van der Waals surface area contributed by atoms with Crippen molar-refractivity contribution in [1.29, 1.82) is 0 Å². The molecule has 0 atom stereocenters. The predicted molar refractivity (Wildman–Crippen MR) is 131 cm³/mol. The summed E-state index contributed by atoms with van der Waals surface area (Å²) in [6, 6.07) is 6.39. The van der Waals surface area contributed by atoms with Crippen molar-refractivity contribution in [2.45, 2.75) is 115 Å². The van der Waals surface area contributed by atoms with Crippen LogP contribution in [0.5, 0.6) is 0 Å². The van der Waals surface area contributed by atoms with Gasteiger partial charge in [-0.1, -0.05) is 115 Å². The minimum absolute atomic E-state index is 0.311. The number of unbranched alkanes of at least 4 members (excludes halogenated alkanes) is 15. The number of rotatable bonds is 19. The third-order valence-electron chi connectivity index (χ3n) is 5.85. The molecule has 0 N–H and O–H groups in total. The van der Waals surface area contributed by atoms with Gasteiger partial charge in [-0.15, -0.1) is 0 Å². The van der Waals surface area contributed by atoms with Crippen molar-refractivity contribution in [2.24, 2.45) is 0 Å². The molecular weight excluding hydrogens is 414 g/mol. The van der Waals surface area contributed by atoms with Gasteiger partial charge in [0.15, 0.2) is 0 Å². The molecule has 0 bridgehead atoms. The van der Waals surface area contributed by atoms with Crippen molar-refractivity contribution in [1.82, 2.24) is 4.31 Å². The standard InChI is InChI=1S/C25H44ClNO2S/c1-3-4-5-6-7-8-9-10-11-12-13-14-15-16-17-18-23-27(2)30(28,29)25-21-19-24(26)20-22-25/h19-22H,3-18,23H2,1-2H3. The molecule has 0 amide bonds. The first-order valence-electron chi connectivity index (χ1n) is 12.2. The molecule has 30 heavy (non-hydrogen) atoms. The van der Waals surface area contributed by atoms with Gasteiger partial charge in [0.05, 0.1) is 4.90 Å². The van der Waals surface area contributed by atoms with Gasteiger partial charge in [-0.3, -0.25) is 0 Å². The highest BCUT2D eigenvalue weighted by Gasteiger charge is 2.19. The lowest BCUT2D eigenvalue weighted by atomic mass is 10.0. The van der Waals surface area contributed by atoms with E-state index in [2.05, 4.69) is 6.92 Å². The van der Waals surface area contributed by atoms with Crippen LogP contribution < -0.4 is 0 Å². The van der Waals surface area contributed by atoms with Gasteiger partial charge >= 0.3 is 0 Å². The lowest BCUT2D eigenvalue weighted by Crippen LogP contribution is -2.27. The highest BCUT2D eigenvalue weighted by molar-refractivity contribution is 7.89. The molecule has 0 aromatic heterocycles. The van der Waals surface area contributed by atoms with E-state index in [1.807, 2.05) is 0 Å². The molecule has 0 radical (unpaired) electrons. The van der Waals surface area contributed by atoms with Gasteiger partial charge < -0.3 is 0 Å². The number of nitrogens with zero attached hydrogens (tertiary/aromatic N) is 1. The van der Waals surface area contributed by atoms with E-state index in [1.165, 1.54) is 94.2 Å². The Morgan fingerprint density at radius 3 is 1.43 bits per heavy atom. The fourth-order valence-electron chi connectivity index (χ4n) is 3.79. The number of hydrogen-bond acceptors (Lipinski definition) is 2. The molecule has 0 saturated heterocycles. The summed E-state index contributed by atoms with van der Waals surface area (Å²) in [5.74, 6) is 0. The first kappa shape index (κ1) is 27.5. The molecule has 0 aliphatic carbocycles. The Labute approximate surface area is 191 Å². The van der Waals surface area contributed by atoms with Crippen LogP contribution in [0.2, 0.25) is 5.02 Å². The third kappa shape index (κ3) is 12.3. The minimum atomic E-state index is -3.40. The highest BCUT2D eigenvalue weighted by atomic mass is 35.5. The Bertz CT molecular complexity index is 631. The SMILES string of the molecule is CCCCCCCCCCCCCCCCCCN(C)S(=O)(=O)c1ccc(Cl)cc1. The van der Waals surface area contributed by atoms with Crippen LogP contribution in [0.1, 0.15) is 110 Å². The van der Waals surface area contributed by atoms with Gasteiger partial charge in [0.1, 0.15) is 0 Å². The van der Waals surface area contributed by atoms with Crippen molar-refractivity contribution >= 4 is 21.6 Å². The summed E-state index contributed by atoms with van der Waals surface area (Å²) in [5, 5.41) is 0.550. The number of benzene rings is 1. The number of sulfonamides is 1. The monoisotopic (exact) mass is 457 g/mol. The van der Waals surface area contributed by atoms with Crippen molar-refractivity contribution in [2.75, 3.05) is 13.6 Å². The molecular formula is C25H44ClNO2S. The van der Waals surface area contributed by atoms with Crippen LogP contribution in [-0.2, 0) is 10.0 Å². The first-order chi connectivity index (χ1) is 14.5. The van der Waals surface area contributed by atoms with E-state index in [1.54, 1.807) is 31.3 Å². The molecule has 0 unspecified atom stereocenters. The quantitative estimate of drug-likeness (QED) is 0.196. The van der Waals surface area contributed by atoms with E-state index in [9.17, 15) is 8.42 Å². The summed E-state index contributed by atoms with van der Waals surface area (Å²) in [6.07, 6.45) is 21.2. The third-order valence-corrected chi connectivity index (χ3v) is 7.97. The largest absolute Gasteiger partial charge is 0.242 e. The lowest BCUT2D eigenvalue weighted by molar-refractivity contribution is 0.447. The summed E-state index contributed by atoms with van der Waals surface area (Å²) < 4.78 is 26.5. The zero-order valence-corrected chi connectivity index (χ0v) is 21.0. The highest BCUT2D eigenvalue weighted by Crippen LogP contribution is 2.18. The van der Waals surface area contributed by atoms with E-state index in [0.717, 1.165) is 12.8 Å². The van der Waals surface area contributed by atoms with Crippen molar-refractivity contribution in [3.8, 4) is 0 Å². The second kappa shape index (κ2) is 17.0. The van der Waals surface area contributed by atoms with Crippen molar-refractivity contribution in [3.63, 3.8) is 0 Å². The maximum absolute atomic E-state index is 12.5. The molecule has 1 aromatic carbocycles. The van der Waals surface area contributed by atoms with Gasteiger partial charge in [-0.05, 0) is 30.7 Å². The molecule has 1 aromatic rings. The van der Waals surface area contributed by atoms with Gasteiger partial charge in [0.2, 0.25) is 10.0 Å². The van der Waals surface area contributed by atoms with E-state index < -0.39 is 10.0 Å². The Morgan fingerprint density at radius 1 is 0.667 bits per heavy atom. The van der Waals surface area contributed by atoms with E-state index in [-0.39, 0.29) is 0 Å². The number of hydrogen-bond donors (Lipinski definition) is 0. The first-order valence-corrected chi connectivity index (χ1v) is 14.0. The molecule has 3 nitrogen and oxygen atoms in total. The van der Waals surface area contributed by atoms with Crippen LogP contribution in [0.3, 0.4) is 0 Å². The van der Waals surface area contributed by atoms with Gasteiger partial charge in [0.25, 0.3) is 0 Å². The van der Waals surface area contributed by atoms with E-state index >= 15 is 0 Å². The summed E-state index contributed by atoms with van der Waals surface area (Å²) >= 11 is 5.84. The van der Waals surface area contributed by atoms with E-state index in [0.29, 0.717) is 16.5 Å². The Morgan fingerprint density at radius 2 is 1.03 bits per heavy atom. The maximum atomic E-state index is 12.5. The van der Waals surface area contributed by atoms with Gasteiger partial charge in [-0.25, -0.2) is 12.7 Å². The molecule has 0 spiro atoms. The molecule has 0 aliphatic rings. The second-order valence-corrected chi connectivity index (χ2v) is 11.1. The van der Waals surface area contributed by atoms with Gasteiger partial charge in [0, 0.05) is 18.6 Å². The Balaban J connectivity index is 1.94. The number of halogens is 1. The van der Waals surface area contributed by atoms with Crippen LogP contribution >= 0.6 is 11.6 Å². The predicted octanol–water partition coefficient (Wildman–Crippen LogP) is 8.22. The zero-order chi connectivity index (χ0) is 22.1. The Kier molecular flexibility index (Phi) is 15.6. The molecule has 0 saturated carbocycles. The topological polar surface area (TPSA) is 37.4 Å². The summed E-state index contributed by atoms with van der Waals surface area (Å²) in [7, 11) is -1.74. The smallest absolute Gasteiger partial charge is 0.207 e. The average molecular weight is 458 g/mol. The molecule has 0 aliphatic heterocycles. The van der Waals surface area contributed by atoms with Crippen LogP contribution in [-0.4, -0.2) is 26.3 Å². The zero-order valence-electron chi connectivity index (χ0n) is 19.4.